The fraction of sp³-hybridized carbons (Fsp3) is 0.0909. The number of hydrogen-bond donors (Lipinski definition) is 1. The van der Waals surface area contributed by atoms with Crippen molar-refractivity contribution in [1.82, 2.24) is 0 Å². The smallest absolute Gasteiger partial charge is 0.305 e. The van der Waals surface area contributed by atoms with Gasteiger partial charge in [0, 0.05) is 5.98 Å². The van der Waals surface area contributed by atoms with Crippen molar-refractivity contribution in [2.24, 2.45) is 0 Å². The summed E-state index contributed by atoms with van der Waals surface area (Å²) in [6, 6.07) is 30.9. The predicted octanol–water partition coefficient (Wildman–Crippen LogP) is 3.23. The van der Waals surface area contributed by atoms with Crippen LogP contribution >= 0.6 is 6.89 Å². The van der Waals surface area contributed by atoms with Crippen molar-refractivity contribution >= 4 is 34.8 Å². The van der Waals surface area contributed by atoms with Crippen molar-refractivity contribution in [1.29, 1.82) is 0 Å². The lowest BCUT2D eigenvalue weighted by molar-refractivity contribution is -0.137. The summed E-state index contributed by atoms with van der Waals surface area (Å²) >= 11 is 0. The van der Waals surface area contributed by atoms with Crippen LogP contribution in [0.5, 0.6) is 0 Å². The minimum Gasteiger partial charge on any atom is -0.481 e. The predicted molar refractivity (Wildman–Crippen MR) is 109 cm³/mol. The molecule has 0 unspecified atom stereocenters. The van der Waals surface area contributed by atoms with Crippen molar-refractivity contribution in [2.75, 3.05) is 6.61 Å². The van der Waals surface area contributed by atoms with Gasteiger partial charge in [-0.2, -0.15) is 0 Å². The molecule has 4 heteroatoms. The lowest BCUT2D eigenvalue weighted by Crippen LogP contribution is -2.27. The minimum atomic E-state index is -2.15. The van der Waals surface area contributed by atoms with Crippen LogP contribution in [0.15, 0.2) is 91.0 Å². The molecular weight excluding hydrogens is 343 g/mol. The number of benzene rings is 3. The normalized spacial score (nSPS) is 11.1. The van der Waals surface area contributed by atoms with Crippen LogP contribution in [0.3, 0.4) is 0 Å². The number of rotatable bonds is 7. The van der Waals surface area contributed by atoms with Crippen LogP contribution in [0.1, 0.15) is 6.42 Å². The van der Waals surface area contributed by atoms with Crippen molar-refractivity contribution < 1.29 is 14.6 Å². The van der Waals surface area contributed by atoms with Crippen molar-refractivity contribution in [3.8, 4) is 0 Å². The molecule has 0 spiro atoms. The van der Waals surface area contributed by atoms with Crippen LogP contribution < -0.4 is 15.9 Å². The highest BCUT2D eigenvalue weighted by atomic mass is 31.2. The first kappa shape index (κ1) is 18.2. The van der Waals surface area contributed by atoms with Gasteiger partial charge in [-0.3, -0.25) is 4.79 Å². The van der Waals surface area contributed by atoms with Gasteiger partial charge in [0.05, 0.1) is 13.0 Å². The molecule has 0 aromatic heterocycles. The number of carbonyl (C=O) groups is 1. The Hall–Kier alpha value is -2.61. The fourth-order valence-electron chi connectivity index (χ4n) is 2.93. The van der Waals surface area contributed by atoms with Crippen LogP contribution in [0.4, 0.5) is 0 Å². The first-order valence-electron chi connectivity index (χ1n) is 8.47. The molecule has 0 saturated carbocycles. The van der Waals surface area contributed by atoms with Gasteiger partial charge in [-0.05, 0) is 22.8 Å². The minimum absolute atomic E-state index is 0.0190. The number of hydrogen-bond acceptors (Lipinski definition) is 2. The Morgan fingerprint density at radius 1 is 0.769 bits per heavy atom. The molecule has 0 heterocycles. The highest BCUT2D eigenvalue weighted by Gasteiger charge is 2.25. The average Bonchev–Trinajstić information content (AvgIpc) is 2.70. The molecule has 3 nitrogen and oxygen atoms in total. The van der Waals surface area contributed by atoms with Crippen molar-refractivity contribution in [3.63, 3.8) is 0 Å². The molecule has 132 valence electrons. The van der Waals surface area contributed by atoms with Gasteiger partial charge in [0.25, 0.3) is 0 Å². The van der Waals surface area contributed by atoms with E-state index in [0.29, 0.717) is 0 Å². The highest BCUT2D eigenvalue weighted by molar-refractivity contribution is 7.94. The van der Waals surface area contributed by atoms with E-state index in [1.54, 1.807) is 0 Å². The molecule has 0 aliphatic rings. The van der Waals surface area contributed by atoms with Crippen LogP contribution in [-0.2, 0) is 9.53 Å². The third-order valence-corrected chi connectivity index (χ3v) is 7.96. The van der Waals surface area contributed by atoms with Gasteiger partial charge in [-0.15, -0.1) is 0 Å². The van der Waals surface area contributed by atoms with Gasteiger partial charge in [-0.25, -0.2) is 0 Å². The molecule has 26 heavy (non-hydrogen) atoms. The molecule has 1 N–H and O–H groups in total. The van der Waals surface area contributed by atoms with E-state index in [0.717, 1.165) is 0 Å². The summed E-state index contributed by atoms with van der Waals surface area (Å²) in [4.78, 5) is 10.8. The maximum atomic E-state index is 10.8. The largest absolute Gasteiger partial charge is 0.481 e. The van der Waals surface area contributed by atoms with E-state index < -0.39 is 12.9 Å². The van der Waals surface area contributed by atoms with Gasteiger partial charge < -0.3 is 9.84 Å². The van der Waals surface area contributed by atoms with E-state index in [-0.39, 0.29) is 13.0 Å². The summed E-state index contributed by atoms with van der Waals surface area (Å²) in [5.41, 5.74) is 0. The van der Waals surface area contributed by atoms with Crippen molar-refractivity contribution in [2.45, 2.75) is 6.42 Å². The second-order valence-electron chi connectivity index (χ2n) is 5.85. The van der Waals surface area contributed by atoms with Gasteiger partial charge >= 0.3 is 5.97 Å². The number of carboxylic acids is 1. The lowest BCUT2D eigenvalue weighted by atomic mass is 10.4. The zero-order valence-electron chi connectivity index (χ0n) is 14.4. The van der Waals surface area contributed by atoms with E-state index in [1.807, 2.05) is 60.6 Å². The highest BCUT2D eigenvalue weighted by Crippen LogP contribution is 2.43. The van der Waals surface area contributed by atoms with E-state index in [9.17, 15) is 4.79 Å². The Labute approximate surface area is 153 Å². The molecule has 0 saturated heterocycles. The Morgan fingerprint density at radius 2 is 1.15 bits per heavy atom. The Balaban J connectivity index is 2.21. The molecule has 0 amide bonds. The van der Waals surface area contributed by atoms with Gasteiger partial charge in [-0.1, -0.05) is 91.0 Å². The molecule has 0 radical (unpaired) electrons. The Kier molecular flexibility index (Phi) is 6.06. The lowest BCUT2D eigenvalue weighted by Gasteiger charge is -2.28. The first-order valence-corrected chi connectivity index (χ1v) is 10.3. The van der Waals surface area contributed by atoms with E-state index in [4.69, 9.17) is 9.84 Å². The third-order valence-electron chi connectivity index (χ3n) is 4.16. The second kappa shape index (κ2) is 8.66. The van der Waals surface area contributed by atoms with E-state index >= 15 is 0 Å². The molecule has 0 atom stereocenters. The second-order valence-corrected chi connectivity index (χ2v) is 9.05. The molecule has 0 fully saturated rings. The fourth-order valence-corrected chi connectivity index (χ4v) is 6.45. The average molecular weight is 364 g/mol. The molecule has 3 aromatic carbocycles. The number of carboxylic acid groups (broad SMARTS) is 1. The standard InChI is InChI=1S/C22H21O3P/c23-22(24)16-17-25-18-26(19-10-4-1-5-11-19,20-12-6-2-7-13-20)21-14-8-3-9-15-21/h1-15,18H,16-17H2,(H,23,24). The number of ether oxygens (including phenoxy) is 1. The molecule has 3 aromatic rings. The first-order chi connectivity index (χ1) is 12.7. The summed E-state index contributed by atoms with van der Waals surface area (Å²) in [5, 5.41) is 12.4. The summed E-state index contributed by atoms with van der Waals surface area (Å²) < 4.78 is 5.82. The number of aliphatic carboxylic acids is 1. The molecular formula is C22H21O3P. The zero-order valence-corrected chi connectivity index (χ0v) is 15.3. The van der Waals surface area contributed by atoms with Gasteiger partial charge in [0.2, 0.25) is 0 Å². The quantitative estimate of drug-likeness (QED) is 0.517. The van der Waals surface area contributed by atoms with Gasteiger partial charge in [0.1, 0.15) is 0 Å². The molecule has 0 aliphatic carbocycles. The Bertz CT molecular complexity index is 787. The van der Waals surface area contributed by atoms with Gasteiger partial charge in [0.15, 0.2) is 0 Å². The van der Waals surface area contributed by atoms with Crippen LogP contribution in [0, 0.1) is 0 Å². The van der Waals surface area contributed by atoms with Crippen molar-refractivity contribution in [3.05, 3.63) is 91.0 Å². The van der Waals surface area contributed by atoms with Crippen LogP contribution in [-0.4, -0.2) is 23.7 Å². The Morgan fingerprint density at radius 3 is 1.50 bits per heavy atom. The zero-order chi connectivity index (χ0) is 18.2. The monoisotopic (exact) mass is 364 g/mol. The molecule has 0 aliphatic heterocycles. The van der Waals surface area contributed by atoms with Crippen LogP contribution in [0.2, 0.25) is 0 Å². The maximum Gasteiger partial charge on any atom is 0.305 e. The molecule has 0 bridgehead atoms. The molecule has 3 rings (SSSR count). The SMILES string of the molecule is O=C(O)CCOC=P(c1ccccc1)(c1ccccc1)c1ccccc1. The summed E-state index contributed by atoms with van der Waals surface area (Å²) in [7, 11) is 0. The maximum absolute atomic E-state index is 10.8. The summed E-state index contributed by atoms with van der Waals surface area (Å²) in [6.45, 7) is -2.00. The van der Waals surface area contributed by atoms with E-state index in [1.165, 1.54) is 15.9 Å². The van der Waals surface area contributed by atoms with E-state index in [2.05, 4.69) is 36.4 Å². The summed E-state index contributed by atoms with van der Waals surface area (Å²) in [5.74, 6) is 1.03. The topological polar surface area (TPSA) is 46.5 Å². The van der Waals surface area contributed by atoms with Crippen LogP contribution in [0.25, 0.3) is 0 Å². The summed E-state index contributed by atoms with van der Waals surface area (Å²) in [6.07, 6.45) is -0.0190. The third kappa shape index (κ3) is 3.96.